The molecule has 13 heavy (non-hydrogen) atoms. The highest BCUT2D eigenvalue weighted by Crippen LogP contribution is 1.98. The second kappa shape index (κ2) is 9.02. The smallest absolute Gasteiger partial charge is 0.137 e. The highest BCUT2D eigenvalue weighted by Gasteiger charge is 2.09. The minimum atomic E-state index is -0.213. The van der Waals surface area contributed by atoms with Crippen molar-refractivity contribution in [1.82, 2.24) is 15.6 Å². The molecule has 0 unspecified atom stereocenters. The van der Waals surface area contributed by atoms with Gasteiger partial charge in [0, 0.05) is 0 Å². The first-order valence-corrected chi connectivity index (χ1v) is 4.36. The van der Waals surface area contributed by atoms with Gasteiger partial charge in [0.25, 0.3) is 0 Å². The number of hydrogen-bond acceptors (Lipinski definition) is 7. The van der Waals surface area contributed by atoms with Crippen LogP contribution in [0.15, 0.2) is 0 Å². The second-order valence-electron chi connectivity index (χ2n) is 2.00. The molecule has 0 aromatic carbocycles. The molecule has 7 nitrogen and oxygen atoms in total. The van der Waals surface area contributed by atoms with Crippen molar-refractivity contribution in [2.24, 2.45) is 0 Å². The highest BCUT2D eigenvalue weighted by molar-refractivity contribution is 14.1. The average Bonchev–Trinajstić information content (AvgIpc) is 2.19. The molecular weight excluding hydrogens is 293 g/mol. The maximum absolute atomic E-state index is 8.76. The lowest BCUT2D eigenvalue weighted by Crippen LogP contribution is -2.41. The number of nitrogens with one attached hydrogen (secondary N) is 1. The van der Waals surface area contributed by atoms with Crippen LogP contribution in [-0.2, 0) is 12.8 Å². The third kappa shape index (κ3) is 6.51. The van der Waals surface area contributed by atoms with Crippen LogP contribution in [0.3, 0.4) is 0 Å². The van der Waals surface area contributed by atoms with E-state index in [1.807, 2.05) is 0 Å². The minimum Gasteiger partial charge on any atom is -0.379 e. The molecule has 0 bridgehead atoms. The Morgan fingerprint density at radius 1 is 1.38 bits per heavy atom. The van der Waals surface area contributed by atoms with Crippen LogP contribution in [0.4, 0.5) is 0 Å². The molecular formula is C5H14IN3O4. The highest BCUT2D eigenvalue weighted by atomic mass is 127. The van der Waals surface area contributed by atoms with E-state index in [1.165, 1.54) is 24.3 Å². The molecule has 80 valence electrons. The molecule has 0 rings (SSSR count). The largest absolute Gasteiger partial charge is 0.379 e. The number of rotatable bonds is 8. The fraction of sp³-hybridized carbons (Fsp3) is 1.00. The molecule has 0 aliphatic rings. The first-order valence-electron chi connectivity index (χ1n) is 3.47. The van der Waals surface area contributed by atoms with Crippen molar-refractivity contribution in [3.63, 3.8) is 0 Å². The Labute approximate surface area is 91.1 Å². The lowest BCUT2D eigenvalue weighted by molar-refractivity contribution is -0.226. The fourth-order valence-corrected chi connectivity index (χ4v) is 0.822. The standard InChI is InChI=1S/C5H14IN3O4/c1-11-7-3-8(12-2)4-9(5-10)13-6/h7,10H,3-5H2,1-2H3. The van der Waals surface area contributed by atoms with Gasteiger partial charge in [-0.25, -0.2) is 3.17 Å². The fourth-order valence-electron chi connectivity index (χ4n) is 0.573. The van der Waals surface area contributed by atoms with Gasteiger partial charge in [-0.3, -0.25) is 4.84 Å². The molecule has 2 N–H and O–H groups in total. The van der Waals surface area contributed by atoms with E-state index >= 15 is 0 Å². The van der Waals surface area contributed by atoms with Crippen LogP contribution in [0.1, 0.15) is 0 Å². The van der Waals surface area contributed by atoms with Crippen molar-refractivity contribution >= 4 is 23.0 Å². The Balaban J connectivity index is 3.67. The predicted octanol–water partition coefficient (Wildman–Crippen LogP) is -0.551. The molecule has 0 aliphatic carbocycles. The van der Waals surface area contributed by atoms with Gasteiger partial charge in [0.05, 0.1) is 20.9 Å². The number of hydroxylamine groups is 5. The summed E-state index contributed by atoms with van der Waals surface area (Å²) in [6.07, 6.45) is 0. The van der Waals surface area contributed by atoms with Gasteiger partial charge in [-0.05, 0) is 0 Å². The zero-order valence-electron chi connectivity index (χ0n) is 7.57. The van der Waals surface area contributed by atoms with Gasteiger partial charge < -0.3 is 9.94 Å². The molecule has 0 aromatic heterocycles. The summed E-state index contributed by atoms with van der Waals surface area (Å²) in [7, 11) is 3.02. The van der Waals surface area contributed by atoms with Gasteiger partial charge in [0.2, 0.25) is 0 Å². The number of hydrogen-bond donors (Lipinski definition) is 2. The Morgan fingerprint density at radius 2 is 2.08 bits per heavy atom. The van der Waals surface area contributed by atoms with Crippen molar-refractivity contribution in [2.45, 2.75) is 0 Å². The lowest BCUT2D eigenvalue weighted by Gasteiger charge is -2.24. The molecule has 0 saturated heterocycles. The maximum Gasteiger partial charge on any atom is 0.137 e. The molecule has 0 amide bonds. The Bertz CT molecular complexity index is 116. The van der Waals surface area contributed by atoms with Crippen molar-refractivity contribution in [2.75, 3.05) is 34.3 Å². The lowest BCUT2D eigenvalue weighted by atomic mass is 10.9. The summed E-state index contributed by atoms with van der Waals surface area (Å²) in [5, 5.41) is 11.5. The normalized spacial score (nSPS) is 11.5. The topological polar surface area (TPSA) is 66.4 Å². The Hall–Kier alpha value is 0.450. The quantitative estimate of drug-likeness (QED) is 0.354. The number of halogens is 1. The molecule has 0 radical (unpaired) electrons. The SMILES string of the molecule is CONCN(CN(CO)OI)OC. The van der Waals surface area contributed by atoms with Gasteiger partial charge in [-0.15, -0.1) is 5.06 Å². The Kier molecular flexibility index (Phi) is 9.34. The van der Waals surface area contributed by atoms with Crippen molar-refractivity contribution in [1.29, 1.82) is 0 Å². The van der Waals surface area contributed by atoms with Gasteiger partial charge in [0.1, 0.15) is 36.4 Å². The zero-order chi connectivity index (χ0) is 10.1. The zero-order valence-corrected chi connectivity index (χ0v) is 9.72. The van der Waals surface area contributed by atoms with Crippen molar-refractivity contribution in [3.05, 3.63) is 0 Å². The van der Waals surface area contributed by atoms with Gasteiger partial charge in [0.15, 0.2) is 0 Å². The summed E-state index contributed by atoms with van der Waals surface area (Å²) in [4.78, 5) is 9.57. The van der Waals surface area contributed by atoms with Crippen molar-refractivity contribution < 1.29 is 17.9 Å². The molecule has 0 fully saturated rings. The summed E-state index contributed by atoms with van der Waals surface area (Å²) in [5.74, 6) is 0. The van der Waals surface area contributed by atoms with E-state index in [1.54, 1.807) is 23.0 Å². The summed E-state index contributed by atoms with van der Waals surface area (Å²) in [6, 6.07) is 0. The maximum atomic E-state index is 8.76. The summed E-state index contributed by atoms with van der Waals surface area (Å²) >= 11 is 1.67. The van der Waals surface area contributed by atoms with Crippen LogP contribution in [0.2, 0.25) is 0 Å². The van der Waals surface area contributed by atoms with E-state index in [4.69, 9.17) is 13.1 Å². The Morgan fingerprint density at radius 3 is 2.46 bits per heavy atom. The van der Waals surface area contributed by atoms with E-state index in [-0.39, 0.29) is 6.73 Å². The molecule has 8 heteroatoms. The predicted molar refractivity (Wildman–Crippen MR) is 52.8 cm³/mol. The molecule has 0 saturated carbocycles. The van der Waals surface area contributed by atoms with E-state index in [0.29, 0.717) is 13.3 Å². The monoisotopic (exact) mass is 307 g/mol. The molecule has 0 atom stereocenters. The minimum absolute atomic E-state index is 0.213. The average molecular weight is 307 g/mol. The van der Waals surface area contributed by atoms with Gasteiger partial charge in [-0.1, -0.05) is 0 Å². The van der Waals surface area contributed by atoms with E-state index in [0.717, 1.165) is 0 Å². The van der Waals surface area contributed by atoms with E-state index < -0.39 is 0 Å². The third-order valence-electron chi connectivity index (χ3n) is 1.21. The first-order chi connectivity index (χ1) is 6.28. The van der Waals surface area contributed by atoms with Crippen molar-refractivity contribution in [3.8, 4) is 0 Å². The summed E-state index contributed by atoms with van der Waals surface area (Å²) in [6.45, 7) is 0.450. The van der Waals surface area contributed by atoms with E-state index in [9.17, 15) is 0 Å². The molecule has 0 heterocycles. The van der Waals surface area contributed by atoms with Crippen LogP contribution in [-0.4, -0.2) is 49.5 Å². The van der Waals surface area contributed by atoms with Crippen LogP contribution < -0.4 is 5.48 Å². The van der Waals surface area contributed by atoms with Crippen LogP contribution in [0.5, 0.6) is 0 Å². The van der Waals surface area contributed by atoms with Crippen LogP contribution in [0, 0.1) is 0 Å². The summed E-state index contributed by atoms with van der Waals surface area (Å²) in [5.41, 5.74) is 2.59. The molecule has 0 aromatic rings. The number of nitrogens with zero attached hydrogens (tertiary/aromatic N) is 2. The molecule has 0 spiro atoms. The van der Waals surface area contributed by atoms with Crippen LogP contribution in [0.25, 0.3) is 0 Å². The van der Waals surface area contributed by atoms with Gasteiger partial charge >= 0.3 is 0 Å². The third-order valence-corrected chi connectivity index (χ3v) is 1.77. The number of aliphatic hydroxyl groups excluding tert-OH is 1. The van der Waals surface area contributed by atoms with Crippen LogP contribution >= 0.6 is 23.0 Å². The summed E-state index contributed by atoms with van der Waals surface area (Å²) < 4.78 is 4.77. The number of aliphatic hydroxyl groups is 1. The van der Waals surface area contributed by atoms with Gasteiger partial charge in [-0.2, -0.15) is 10.5 Å². The van der Waals surface area contributed by atoms with E-state index in [2.05, 4.69) is 10.3 Å². The second-order valence-corrected chi connectivity index (χ2v) is 2.40. The molecule has 0 aliphatic heterocycles. The first kappa shape index (κ1) is 13.4.